The molecule has 2 rings (SSSR count). The van der Waals surface area contributed by atoms with Crippen LogP contribution in [-0.2, 0) is 0 Å². The van der Waals surface area contributed by atoms with E-state index in [1.165, 1.54) is 0 Å². The van der Waals surface area contributed by atoms with Gasteiger partial charge in [0.25, 0.3) is 11.8 Å². The highest BCUT2D eigenvalue weighted by atomic mass is 19.2. The van der Waals surface area contributed by atoms with Crippen molar-refractivity contribution < 1.29 is 45.4 Å². The molecule has 2 amide bonds. The molecule has 0 bridgehead atoms. The van der Waals surface area contributed by atoms with Crippen LogP contribution in [0.3, 0.4) is 0 Å². The number of methoxy groups -OCH3 is 2. The highest BCUT2D eigenvalue weighted by Gasteiger charge is 2.33. The second-order valence-corrected chi connectivity index (χ2v) is 7.66. The predicted molar refractivity (Wildman–Crippen MR) is 114 cm³/mol. The molecule has 0 atom stereocenters. The number of hydrogen-bond donors (Lipinski definition) is 0. The maximum atomic E-state index is 14.7. The Kier molecular flexibility index (Phi) is 9.97. The van der Waals surface area contributed by atoms with Crippen molar-refractivity contribution >= 4 is 11.8 Å². The van der Waals surface area contributed by atoms with Crippen molar-refractivity contribution in [3.05, 3.63) is 58.2 Å². The summed E-state index contributed by atoms with van der Waals surface area (Å²) < 4.78 is 94.1. The lowest BCUT2D eigenvalue weighted by Crippen LogP contribution is -2.39. The van der Waals surface area contributed by atoms with E-state index in [9.17, 15) is 35.9 Å². The first-order chi connectivity index (χ1) is 16.6. The van der Waals surface area contributed by atoms with Gasteiger partial charge in [-0.3, -0.25) is 14.5 Å². The summed E-state index contributed by atoms with van der Waals surface area (Å²) in [6.07, 6.45) is 4.28. The Bertz CT molecular complexity index is 1020. The van der Waals surface area contributed by atoms with Crippen LogP contribution in [0.15, 0.2) is 12.1 Å². The molecule has 0 saturated carbocycles. The van der Waals surface area contributed by atoms with Gasteiger partial charge in [-0.15, -0.1) is 0 Å². The summed E-state index contributed by atoms with van der Waals surface area (Å²) in [6, 6.07) is 0.471. The van der Waals surface area contributed by atoms with Gasteiger partial charge in [0.2, 0.25) is 11.6 Å². The van der Waals surface area contributed by atoms with Gasteiger partial charge < -0.3 is 9.47 Å². The Labute approximate surface area is 198 Å². The first-order valence-corrected chi connectivity index (χ1v) is 10.9. The van der Waals surface area contributed by atoms with E-state index in [4.69, 9.17) is 0 Å². The molecule has 2 aromatic carbocycles. The van der Waals surface area contributed by atoms with E-state index in [1.54, 1.807) is 0 Å². The second kappa shape index (κ2) is 12.5. The number of hydrogen-bond acceptors (Lipinski definition) is 4. The van der Waals surface area contributed by atoms with Crippen LogP contribution in [-0.4, -0.2) is 37.5 Å². The van der Waals surface area contributed by atoms with Crippen LogP contribution in [0.4, 0.5) is 26.3 Å². The van der Waals surface area contributed by atoms with Crippen molar-refractivity contribution in [3.8, 4) is 11.5 Å². The molecule has 5 nitrogen and oxygen atoms in total. The number of imide groups is 1. The molecule has 0 heterocycles. The van der Waals surface area contributed by atoms with Gasteiger partial charge in [0.05, 0.1) is 25.3 Å². The van der Waals surface area contributed by atoms with Crippen LogP contribution >= 0.6 is 0 Å². The number of amides is 2. The van der Waals surface area contributed by atoms with Crippen LogP contribution in [0.2, 0.25) is 0 Å². The fourth-order valence-corrected chi connectivity index (χ4v) is 3.47. The number of nitrogens with zero attached hydrogens (tertiary/aromatic N) is 1. The van der Waals surface area contributed by atoms with Gasteiger partial charge in [-0.2, -0.15) is 8.78 Å². The van der Waals surface area contributed by atoms with E-state index in [1.807, 2.05) is 6.92 Å². The molecule has 192 valence electrons. The maximum Gasteiger partial charge on any atom is 0.263 e. The van der Waals surface area contributed by atoms with E-state index >= 15 is 0 Å². The van der Waals surface area contributed by atoms with Gasteiger partial charge >= 0.3 is 0 Å². The number of unbranched alkanes of at least 4 members (excludes halogenated alkanes) is 5. The molecule has 0 radical (unpaired) electrons. The Hall–Kier alpha value is -3.24. The van der Waals surface area contributed by atoms with E-state index in [-0.39, 0.29) is 25.1 Å². The third kappa shape index (κ3) is 6.07. The van der Waals surface area contributed by atoms with Crippen molar-refractivity contribution in [1.29, 1.82) is 0 Å². The molecule has 0 aliphatic rings. The molecule has 0 aliphatic carbocycles. The zero-order valence-corrected chi connectivity index (χ0v) is 19.5. The molecule has 0 N–H and O–H groups in total. The quantitative estimate of drug-likeness (QED) is 0.158. The number of ether oxygens (including phenoxy) is 2. The lowest BCUT2D eigenvalue weighted by Gasteiger charge is -2.22. The molecule has 35 heavy (non-hydrogen) atoms. The van der Waals surface area contributed by atoms with Crippen LogP contribution in [0.25, 0.3) is 0 Å². The second-order valence-electron chi connectivity index (χ2n) is 7.66. The molecule has 0 unspecified atom stereocenters. The Morgan fingerprint density at radius 1 is 0.686 bits per heavy atom. The van der Waals surface area contributed by atoms with Crippen molar-refractivity contribution in [2.45, 2.75) is 45.4 Å². The normalized spacial score (nSPS) is 10.9. The first kappa shape index (κ1) is 28.0. The predicted octanol–water partition coefficient (Wildman–Crippen LogP) is 6.18. The number of halogens is 6. The minimum atomic E-state index is -1.69. The lowest BCUT2D eigenvalue weighted by molar-refractivity contribution is 0.0605. The first-order valence-electron chi connectivity index (χ1n) is 10.9. The Balaban J connectivity index is 2.51. The van der Waals surface area contributed by atoms with Gasteiger partial charge in [-0.05, 0) is 18.6 Å². The van der Waals surface area contributed by atoms with Gasteiger partial charge in [0.1, 0.15) is 0 Å². The van der Waals surface area contributed by atoms with Crippen molar-refractivity contribution in [2.24, 2.45) is 0 Å². The van der Waals surface area contributed by atoms with Crippen molar-refractivity contribution in [1.82, 2.24) is 4.90 Å². The number of carbonyl (C=O) groups excluding carboxylic acids is 2. The van der Waals surface area contributed by atoms with Crippen LogP contribution in [0, 0.1) is 34.9 Å². The third-order valence-corrected chi connectivity index (χ3v) is 5.33. The van der Waals surface area contributed by atoms with Crippen LogP contribution in [0.5, 0.6) is 11.5 Å². The van der Waals surface area contributed by atoms with Gasteiger partial charge in [-0.25, -0.2) is 17.6 Å². The highest BCUT2D eigenvalue weighted by molar-refractivity contribution is 6.10. The average Bonchev–Trinajstić information content (AvgIpc) is 2.83. The van der Waals surface area contributed by atoms with Gasteiger partial charge in [-0.1, -0.05) is 39.0 Å². The standard InChI is InChI=1S/C24H25F6NO4/c1-4-5-6-7-8-9-10-31(23(32)13-11-15(25)19(29)21(34-2)17(13)27)24(33)14-12-16(26)20(30)22(35-3)18(14)28/h11-12H,4-10H2,1-3H3. The molecule has 0 aromatic heterocycles. The summed E-state index contributed by atoms with van der Waals surface area (Å²) in [5.41, 5.74) is -2.12. The third-order valence-electron chi connectivity index (χ3n) is 5.33. The molecule has 0 fully saturated rings. The van der Waals surface area contributed by atoms with E-state index < -0.39 is 69.3 Å². The fourth-order valence-electron chi connectivity index (χ4n) is 3.47. The average molecular weight is 505 g/mol. The SMILES string of the molecule is CCCCCCCCN(C(=O)c1cc(F)c(F)c(OC)c1F)C(=O)c1cc(F)c(F)c(OC)c1F. The van der Waals surface area contributed by atoms with E-state index in [0.29, 0.717) is 11.3 Å². The number of benzene rings is 2. The molecule has 11 heteroatoms. The van der Waals surface area contributed by atoms with Crippen molar-refractivity contribution in [3.63, 3.8) is 0 Å². The molecule has 0 aliphatic heterocycles. The van der Waals surface area contributed by atoms with Crippen molar-refractivity contribution in [2.75, 3.05) is 20.8 Å². The van der Waals surface area contributed by atoms with Crippen LogP contribution < -0.4 is 9.47 Å². The summed E-state index contributed by atoms with van der Waals surface area (Å²) in [4.78, 5) is 26.6. The monoisotopic (exact) mass is 505 g/mol. The lowest BCUT2D eigenvalue weighted by atomic mass is 10.1. The van der Waals surface area contributed by atoms with E-state index in [2.05, 4.69) is 9.47 Å². The maximum absolute atomic E-state index is 14.7. The highest BCUT2D eigenvalue weighted by Crippen LogP contribution is 2.30. The Morgan fingerprint density at radius 3 is 1.49 bits per heavy atom. The Morgan fingerprint density at radius 2 is 1.09 bits per heavy atom. The van der Waals surface area contributed by atoms with Gasteiger partial charge in [0.15, 0.2) is 34.8 Å². The number of carbonyl (C=O) groups is 2. The smallest absolute Gasteiger partial charge is 0.263 e. The molecular weight excluding hydrogens is 480 g/mol. The summed E-state index contributed by atoms with van der Waals surface area (Å²) >= 11 is 0. The number of rotatable bonds is 11. The van der Waals surface area contributed by atoms with Crippen LogP contribution in [0.1, 0.15) is 66.2 Å². The summed E-state index contributed by atoms with van der Waals surface area (Å²) in [5, 5.41) is 0. The molecular formula is C24H25F6NO4. The molecule has 0 spiro atoms. The molecule has 2 aromatic rings. The summed E-state index contributed by atoms with van der Waals surface area (Å²) in [6.45, 7) is 1.62. The van der Waals surface area contributed by atoms with Gasteiger partial charge in [0, 0.05) is 6.54 Å². The largest absolute Gasteiger partial charge is 0.491 e. The fraction of sp³-hybridized carbons (Fsp3) is 0.417. The molecule has 0 saturated heterocycles. The minimum absolute atomic E-state index is 0.200. The zero-order valence-electron chi connectivity index (χ0n) is 19.5. The van der Waals surface area contributed by atoms with E-state index in [0.717, 1.165) is 39.9 Å². The summed E-state index contributed by atoms with van der Waals surface area (Å²) in [7, 11) is 1.69. The zero-order chi connectivity index (χ0) is 26.3. The summed E-state index contributed by atoms with van der Waals surface area (Å²) in [5.74, 6) is -15.1. The topological polar surface area (TPSA) is 55.8 Å². The minimum Gasteiger partial charge on any atom is -0.491 e.